The highest BCUT2D eigenvalue weighted by Gasteiger charge is 2.33. The van der Waals surface area contributed by atoms with Gasteiger partial charge < -0.3 is 4.90 Å². The number of tetrazole rings is 1. The first-order valence-electron chi connectivity index (χ1n) is 8.91. The van der Waals surface area contributed by atoms with Crippen LogP contribution in [-0.4, -0.2) is 62.7 Å². The largest absolute Gasteiger partial charge is 0.301 e. The van der Waals surface area contributed by atoms with Crippen molar-refractivity contribution in [2.45, 2.75) is 39.3 Å². The van der Waals surface area contributed by atoms with Crippen molar-refractivity contribution < 1.29 is 0 Å². The van der Waals surface area contributed by atoms with Gasteiger partial charge in [-0.15, -0.1) is 5.10 Å². The molecule has 3 rings (SSSR count). The van der Waals surface area contributed by atoms with Crippen molar-refractivity contribution in [3.63, 3.8) is 0 Å². The van der Waals surface area contributed by atoms with Gasteiger partial charge in [-0.25, -0.2) is 4.68 Å². The zero-order chi connectivity index (χ0) is 18.0. The van der Waals surface area contributed by atoms with Gasteiger partial charge in [0, 0.05) is 31.2 Å². The molecule has 0 radical (unpaired) electrons. The number of nitrogens with zero attached hydrogens (tertiary/aromatic N) is 6. The summed E-state index contributed by atoms with van der Waals surface area (Å²) in [6.07, 6.45) is 0. The quantitative estimate of drug-likeness (QED) is 0.837. The average molecular weight is 363 g/mol. The van der Waals surface area contributed by atoms with Gasteiger partial charge in [-0.1, -0.05) is 36.7 Å². The van der Waals surface area contributed by atoms with Crippen molar-refractivity contribution in [1.82, 2.24) is 30.0 Å². The van der Waals surface area contributed by atoms with Gasteiger partial charge in [0.25, 0.3) is 0 Å². The summed E-state index contributed by atoms with van der Waals surface area (Å²) in [5.74, 6) is 0.852. The number of halogens is 1. The van der Waals surface area contributed by atoms with Crippen molar-refractivity contribution in [2.24, 2.45) is 0 Å². The lowest BCUT2D eigenvalue weighted by Crippen LogP contribution is -2.48. The Hall–Kier alpha value is -1.50. The van der Waals surface area contributed by atoms with E-state index in [1.807, 2.05) is 22.9 Å². The molecule has 1 aliphatic rings. The Labute approximate surface area is 154 Å². The van der Waals surface area contributed by atoms with E-state index < -0.39 is 0 Å². The van der Waals surface area contributed by atoms with Crippen molar-refractivity contribution >= 4 is 11.6 Å². The van der Waals surface area contributed by atoms with E-state index in [2.05, 4.69) is 59.1 Å². The molecule has 0 unspecified atom stereocenters. The van der Waals surface area contributed by atoms with Gasteiger partial charge in [-0.3, -0.25) is 4.90 Å². The number of hydrogen-bond donors (Lipinski definition) is 0. The Kier molecular flexibility index (Phi) is 5.41. The summed E-state index contributed by atoms with van der Waals surface area (Å²) in [6.45, 7) is 13.7. The lowest BCUT2D eigenvalue weighted by atomic mass is 10.0. The van der Waals surface area contributed by atoms with E-state index in [1.54, 1.807) is 0 Å². The van der Waals surface area contributed by atoms with Crippen LogP contribution in [-0.2, 0) is 5.54 Å². The maximum Gasteiger partial charge on any atom is 0.173 e. The van der Waals surface area contributed by atoms with Crippen LogP contribution < -0.4 is 0 Å². The number of likely N-dealkylation sites (N-methyl/N-ethyl adjacent to an activating group) is 1. The van der Waals surface area contributed by atoms with Crippen molar-refractivity contribution in [1.29, 1.82) is 0 Å². The lowest BCUT2D eigenvalue weighted by Gasteiger charge is -2.39. The topological polar surface area (TPSA) is 50.1 Å². The molecule has 1 aromatic carbocycles. The highest BCUT2D eigenvalue weighted by Crippen LogP contribution is 2.34. The maximum absolute atomic E-state index is 6.56. The first kappa shape index (κ1) is 18.3. The zero-order valence-electron chi connectivity index (χ0n) is 15.5. The number of piperazine rings is 1. The summed E-state index contributed by atoms with van der Waals surface area (Å²) in [6, 6.07) is 7.98. The van der Waals surface area contributed by atoms with Gasteiger partial charge in [-0.05, 0) is 49.4 Å². The molecule has 0 aliphatic carbocycles. The summed E-state index contributed by atoms with van der Waals surface area (Å²) in [5, 5.41) is 13.4. The van der Waals surface area contributed by atoms with Crippen molar-refractivity contribution in [2.75, 3.05) is 32.7 Å². The molecular weight excluding hydrogens is 336 g/mol. The highest BCUT2D eigenvalue weighted by atomic mass is 35.5. The van der Waals surface area contributed by atoms with E-state index in [0.717, 1.165) is 49.1 Å². The molecule has 7 heteroatoms. The normalized spacial score (nSPS) is 18.4. The van der Waals surface area contributed by atoms with Crippen LogP contribution in [0, 0.1) is 0 Å². The predicted octanol–water partition coefficient (Wildman–Crippen LogP) is 2.81. The van der Waals surface area contributed by atoms with Gasteiger partial charge >= 0.3 is 0 Å². The minimum Gasteiger partial charge on any atom is -0.301 e. The summed E-state index contributed by atoms with van der Waals surface area (Å²) >= 11 is 6.56. The summed E-state index contributed by atoms with van der Waals surface area (Å²) in [4.78, 5) is 4.91. The fourth-order valence-electron chi connectivity index (χ4n) is 3.38. The van der Waals surface area contributed by atoms with Crippen LogP contribution in [0.5, 0.6) is 0 Å². The van der Waals surface area contributed by atoms with Crippen LogP contribution in [0.15, 0.2) is 24.3 Å². The molecule has 0 spiro atoms. The Morgan fingerprint density at radius 1 is 1.12 bits per heavy atom. The molecule has 2 heterocycles. The van der Waals surface area contributed by atoms with E-state index in [4.69, 9.17) is 11.6 Å². The zero-order valence-corrected chi connectivity index (χ0v) is 16.2. The predicted molar refractivity (Wildman–Crippen MR) is 99.8 cm³/mol. The van der Waals surface area contributed by atoms with E-state index in [-0.39, 0.29) is 11.6 Å². The molecule has 1 saturated heterocycles. The molecule has 6 nitrogen and oxygen atoms in total. The molecule has 2 aromatic rings. The van der Waals surface area contributed by atoms with Crippen LogP contribution in [0.25, 0.3) is 0 Å². The van der Waals surface area contributed by atoms with Crippen LogP contribution in [0.3, 0.4) is 0 Å². The molecule has 136 valence electrons. The molecule has 1 aromatic heterocycles. The molecule has 1 aliphatic heterocycles. The number of benzene rings is 1. The van der Waals surface area contributed by atoms with Gasteiger partial charge in [-0.2, -0.15) is 0 Å². The van der Waals surface area contributed by atoms with Crippen LogP contribution >= 0.6 is 11.6 Å². The minimum atomic E-state index is -0.191. The monoisotopic (exact) mass is 362 g/mol. The standard InChI is InChI=1S/C18H27ClN6/c1-5-23-10-12-24(13-11-23)16(14-8-6-7-9-15(14)19)17-20-21-22-25(17)18(2,3)4/h6-9,16H,5,10-13H2,1-4H3/t16-/m1/s1. The summed E-state index contributed by atoms with van der Waals surface area (Å²) in [7, 11) is 0. The summed E-state index contributed by atoms with van der Waals surface area (Å²) < 4.78 is 1.92. The van der Waals surface area contributed by atoms with Crippen molar-refractivity contribution in [3.05, 3.63) is 40.7 Å². The first-order valence-corrected chi connectivity index (χ1v) is 9.29. The highest BCUT2D eigenvalue weighted by molar-refractivity contribution is 6.31. The van der Waals surface area contributed by atoms with Crippen LogP contribution in [0.2, 0.25) is 5.02 Å². The van der Waals surface area contributed by atoms with Gasteiger partial charge in [0.05, 0.1) is 11.6 Å². The Morgan fingerprint density at radius 3 is 2.40 bits per heavy atom. The molecule has 1 fully saturated rings. The smallest absolute Gasteiger partial charge is 0.173 e. The molecular formula is C18H27ClN6. The Bertz CT molecular complexity index is 700. The molecule has 1 atom stereocenters. The first-order chi connectivity index (χ1) is 11.9. The number of rotatable bonds is 4. The molecule has 25 heavy (non-hydrogen) atoms. The maximum atomic E-state index is 6.56. The summed E-state index contributed by atoms with van der Waals surface area (Å²) in [5.41, 5.74) is 0.873. The van der Waals surface area contributed by atoms with Gasteiger partial charge in [0.2, 0.25) is 0 Å². The van der Waals surface area contributed by atoms with Gasteiger partial charge in [0.15, 0.2) is 5.82 Å². The lowest BCUT2D eigenvalue weighted by molar-refractivity contribution is 0.106. The fourth-order valence-corrected chi connectivity index (χ4v) is 3.62. The second-order valence-corrected chi connectivity index (χ2v) is 7.92. The number of hydrogen-bond acceptors (Lipinski definition) is 5. The molecule has 0 bridgehead atoms. The van der Waals surface area contributed by atoms with Crippen LogP contribution in [0.4, 0.5) is 0 Å². The second kappa shape index (κ2) is 7.40. The molecule has 0 N–H and O–H groups in total. The molecule has 0 amide bonds. The Balaban J connectivity index is 2.02. The van der Waals surface area contributed by atoms with E-state index in [9.17, 15) is 0 Å². The molecule has 0 saturated carbocycles. The van der Waals surface area contributed by atoms with Crippen LogP contribution in [0.1, 0.15) is 45.1 Å². The SMILES string of the molecule is CCN1CCN([C@H](c2ccccc2Cl)c2nnnn2C(C)(C)C)CC1. The van der Waals surface area contributed by atoms with E-state index >= 15 is 0 Å². The number of aromatic nitrogens is 4. The van der Waals surface area contributed by atoms with E-state index in [1.165, 1.54) is 0 Å². The fraction of sp³-hybridized carbons (Fsp3) is 0.611. The van der Waals surface area contributed by atoms with Crippen molar-refractivity contribution in [3.8, 4) is 0 Å². The Morgan fingerprint density at radius 2 is 1.80 bits per heavy atom. The minimum absolute atomic E-state index is 0.0399. The second-order valence-electron chi connectivity index (χ2n) is 7.51. The van der Waals surface area contributed by atoms with Gasteiger partial charge in [0.1, 0.15) is 0 Å². The average Bonchev–Trinajstić information content (AvgIpc) is 3.07. The third-order valence-electron chi connectivity index (χ3n) is 4.79. The third-order valence-corrected chi connectivity index (χ3v) is 5.14. The third kappa shape index (κ3) is 3.86. The van der Waals surface area contributed by atoms with E-state index in [0.29, 0.717) is 0 Å².